The van der Waals surface area contributed by atoms with Crippen LogP contribution in [0.1, 0.15) is 242 Å². The van der Waals surface area contributed by atoms with Crippen LogP contribution in [0.15, 0.2) is 196 Å². The van der Waals surface area contributed by atoms with Gasteiger partial charge in [-0.1, -0.05) is 181 Å². The summed E-state index contributed by atoms with van der Waals surface area (Å²) in [5.41, 5.74) is 3.13. The van der Waals surface area contributed by atoms with Crippen molar-refractivity contribution in [2.24, 2.45) is 0 Å². The van der Waals surface area contributed by atoms with Gasteiger partial charge in [0.2, 0.25) is 0 Å². The van der Waals surface area contributed by atoms with Gasteiger partial charge in [-0.25, -0.2) is 48.9 Å². The molecule has 0 radical (unpaired) electrons. The van der Waals surface area contributed by atoms with E-state index in [1.807, 2.05) is 127 Å². The van der Waals surface area contributed by atoms with Crippen molar-refractivity contribution >= 4 is 236 Å². The smallest absolute Gasteiger partial charge is 0.870 e. The van der Waals surface area contributed by atoms with E-state index in [1.54, 1.807) is 129 Å². The fraction of sp³-hybridized carbons (Fsp3) is 0.409. The summed E-state index contributed by atoms with van der Waals surface area (Å²) in [4.78, 5) is 255. The molecule has 0 spiro atoms. The zero-order valence-electron chi connectivity index (χ0n) is 79.9. The van der Waals surface area contributed by atoms with Gasteiger partial charge in [0.1, 0.15) is 36.7 Å². The molecule has 4 unspecified atom stereocenters. The molecule has 0 bridgehead atoms. The third-order valence-corrected chi connectivity index (χ3v) is 34.0. The number of ketones is 3. The molecule has 7 aromatic rings. The zero-order valence-corrected chi connectivity index (χ0v) is 93.7. The van der Waals surface area contributed by atoms with Gasteiger partial charge in [0, 0.05) is 178 Å². The summed E-state index contributed by atoms with van der Waals surface area (Å²) in [7, 11) is 10.3. The predicted octanol–water partition coefficient (Wildman–Crippen LogP) is 11.0. The molecule has 776 valence electrons. The van der Waals surface area contributed by atoms with Crippen molar-refractivity contribution in [3.63, 3.8) is 0 Å². The standard InChI is InChI=1S/C25H27N2O7S3.C19H23N2O7S3.C19H24N2O5S2.C18H16N2O4S2.C12H12N2O4S2.2Na.2H2O/c1-17(35-36-22-9-6-7-15-26-22)18-11-13-19(14-12-18)20(28)8-4-2-3-5-10-24(30)34-27-23(29)16-21(25(27)31)37(32)33;22-14(10-12-29-30-16-8-5-6-11-20-16)7-3-1-2-4-9-18(24)28-21-17(23)13-15(19(21)25)31(26)27;22-15(12-14-27-28-16-8-5-6-13-20-16)7-3-1-2-4-9-19(25)26-21-17(23)10-11-18(21)24;1-12(25-26-15-4-2-3-11-19-15)13-5-7-14(8-6-13)18(23)24-20-16(21)9-10-17(20)22;15-10-4-5-11(16)14(10)18-12(17)6-8-19-20-9-3-1-2-7-13-9;;;;/h6-7,9,11-15,17,21H,2-5,8,10,16H2,1H3;5-6,8,11,15H,1-4,7,9-10,12-13H2;5-6,8,13H,1-4,7,9-12,14H2;2-8,11-12H,9-10H2,1H3;1-3,7H,4-6,8H2;;;2*1H2/q2*-1;;;;2*+1;;/p-2. The van der Waals surface area contributed by atoms with Crippen LogP contribution in [0, 0.1) is 0 Å². The molecule has 2 aromatic carbocycles. The van der Waals surface area contributed by atoms with Gasteiger partial charge in [-0.2, -0.15) is 0 Å². The van der Waals surface area contributed by atoms with Crippen molar-refractivity contribution in [3.8, 4) is 0 Å². The number of carbonyl (C=O) groups excluding carboxylic acids is 18. The molecule has 5 saturated heterocycles. The Morgan fingerprint density at radius 1 is 0.315 bits per heavy atom. The second-order valence-corrected chi connectivity index (χ2v) is 45.5. The molecule has 5 aliphatic heterocycles. The van der Waals surface area contributed by atoms with Crippen molar-refractivity contribution in [1.29, 1.82) is 0 Å². The van der Waals surface area contributed by atoms with Crippen molar-refractivity contribution in [1.82, 2.24) is 50.2 Å². The summed E-state index contributed by atoms with van der Waals surface area (Å²) < 4.78 is 43.6. The second-order valence-electron chi connectivity index (χ2n) is 30.9. The average Bonchev–Trinajstić information content (AvgIpc) is 1.68. The van der Waals surface area contributed by atoms with Gasteiger partial charge in [-0.15, -0.1) is 25.3 Å². The van der Waals surface area contributed by atoms with E-state index in [0.717, 1.165) is 86.3 Å². The van der Waals surface area contributed by atoms with Crippen LogP contribution >= 0.6 is 108 Å². The van der Waals surface area contributed by atoms with Crippen LogP contribution in [0.2, 0.25) is 0 Å². The van der Waals surface area contributed by atoms with Gasteiger partial charge >= 0.3 is 89.0 Å². The van der Waals surface area contributed by atoms with Crippen molar-refractivity contribution in [3.05, 3.63) is 193 Å². The largest absolute Gasteiger partial charge is 1.00 e. The number of nitrogens with zero attached hydrogens (tertiary/aromatic N) is 10. The average molecular weight is 2260 g/mol. The first-order valence-corrected chi connectivity index (χ1v) is 58.5. The number of hydrogen-bond acceptors (Lipinski definition) is 46. The summed E-state index contributed by atoms with van der Waals surface area (Å²) in [6.45, 7) is 4.18. The Morgan fingerprint density at radius 3 is 0.877 bits per heavy atom. The summed E-state index contributed by atoms with van der Waals surface area (Å²) in [5, 5.41) is 4.20. The number of Topliss-reactive ketones (excluding diaryl/α,β-unsaturated/α-hetero) is 3. The fourth-order valence-corrected chi connectivity index (χ4v) is 23.4. The first-order valence-electron chi connectivity index (χ1n) is 44.8. The van der Waals surface area contributed by atoms with E-state index in [9.17, 15) is 103 Å². The molecule has 0 saturated carbocycles. The van der Waals surface area contributed by atoms with Gasteiger partial charge < -0.3 is 52.0 Å². The minimum atomic E-state index is -2.75. The molecule has 146 heavy (non-hydrogen) atoms. The van der Waals surface area contributed by atoms with E-state index in [2.05, 4.69) is 38.8 Å². The first-order chi connectivity index (χ1) is 68.4. The molecule has 10 amide bonds. The maximum absolute atomic E-state index is 12.5. The summed E-state index contributed by atoms with van der Waals surface area (Å²) in [6, 6.07) is 43.2. The van der Waals surface area contributed by atoms with Gasteiger partial charge in [0.05, 0.1) is 12.0 Å². The van der Waals surface area contributed by atoms with Gasteiger partial charge in [0.25, 0.3) is 59.1 Å². The normalized spacial score (nSPS) is 14.9. The Kier molecular flexibility index (Phi) is 64.8. The Bertz CT molecular complexity index is 5560. The maximum Gasteiger partial charge on any atom is 1.00 e. The number of unbranched alkanes of at least 4 members (excludes halogenated alkanes) is 9. The minimum Gasteiger partial charge on any atom is -0.870 e. The van der Waals surface area contributed by atoms with E-state index in [1.165, 1.54) is 21.6 Å². The van der Waals surface area contributed by atoms with Crippen LogP contribution in [-0.2, 0) is 139 Å². The number of benzene rings is 2. The Balaban J connectivity index is 0.000000382. The van der Waals surface area contributed by atoms with Crippen LogP contribution in [-0.4, -0.2) is 195 Å². The maximum atomic E-state index is 12.5. The second kappa shape index (κ2) is 72.9. The molecule has 5 aliphatic rings. The van der Waals surface area contributed by atoms with Gasteiger partial charge in [-0.3, -0.25) is 62.3 Å². The molecular weight excluding hydrogens is 2150 g/mol. The number of hydrogen-bond donors (Lipinski definition) is 0. The molecule has 4 atom stereocenters. The van der Waals surface area contributed by atoms with E-state index in [0.29, 0.717) is 97.1 Å². The van der Waals surface area contributed by atoms with E-state index in [4.69, 9.17) is 24.2 Å². The van der Waals surface area contributed by atoms with Crippen LogP contribution in [0.5, 0.6) is 0 Å². The number of imide groups is 5. The van der Waals surface area contributed by atoms with Gasteiger partial charge in [-0.05, 0) is 190 Å². The zero-order chi connectivity index (χ0) is 103. The molecule has 5 aromatic heterocycles. The van der Waals surface area contributed by atoms with Crippen LogP contribution in [0.3, 0.4) is 0 Å². The monoisotopic (exact) mass is 2250 g/mol. The summed E-state index contributed by atoms with van der Waals surface area (Å²) in [5.74, 6) is -7.51. The topological polar surface area (TPSA) is 562 Å². The predicted molar refractivity (Wildman–Crippen MR) is 539 cm³/mol. The van der Waals surface area contributed by atoms with E-state index < -0.39 is 134 Å². The molecule has 39 nitrogen and oxygen atoms in total. The molecule has 53 heteroatoms. The minimum absolute atomic E-state index is 0. The molecular formula is C93H104N10Na2O29S12-2. The van der Waals surface area contributed by atoms with Crippen molar-refractivity contribution < 1.29 is 197 Å². The molecule has 2 N–H and O–H groups in total. The van der Waals surface area contributed by atoms with Crippen molar-refractivity contribution in [2.75, 3.05) is 17.3 Å². The number of pyridine rings is 5. The number of carbonyl (C=O) groups is 18. The molecule has 12 rings (SSSR count). The van der Waals surface area contributed by atoms with Gasteiger partial charge in [0.15, 0.2) is 5.78 Å². The Morgan fingerprint density at radius 2 is 0.582 bits per heavy atom. The number of amides is 10. The van der Waals surface area contributed by atoms with Crippen LogP contribution in [0.4, 0.5) is 0 Å². The third-order valence-electron chi connectivity index (χ3n) is 20.1. The molecule has 5 fully saturated rings. The fourth-order valence-electron chi connectivity index (χ4n) is 12.5. The Labute approximate surface area is 930 Å². The van der Waals surface area contributed by atoms with E-state index in [-0.39, 0.29) is 178 Å². The first kappa shape index (κ1) is 130. The number of hydroxylamine groups is 10. The Hall–Kier alpha value is -8.43. The van der Waals surface area contributed by atoms with Crippen LogP contribution < -0.4 is 59.1 Å². The molecule has 0 aliphatic carbocycles. The summed E-state index contributed by atoms with van der Waals surface area (Å²) in [6.07, 6.45) is 19.2. The van der Waals surface area contributed by atoms with E-state index >= 15 is 0 Å². The van der Waals surface area contributed by atoms with Crippen LogP contribution in [0.25, 0.3) is 0 Å². The number of rotatable bonds is 53. The summed E-state index contributed by atoms with van der Waals surface area (Å²) >= 11 is 0. The van der Waals surface area contributed by atoms with Crippen molar-refractivity contribution in [2.45, 2.75) is 246 Å². The number of aromatic nitrogens is 5. The third kappa shape index (κ3) is 48.7. The molecule has 10 heterocycles. The quantitative estimate of drug-likeness (QED) is 0.00853. The SMILES string of the molecule is CC(SSc1ccccn1)c1ccc(C(=O)CCCCCCC(=O)ON2C(=O)CC([S-](=O)=O)C2=O)cc1.CC(SSc1ccccn1)c1ccc(C(=O)ON2C(=O)CCC2=O)cc1.O=C(CCCCCCC(=O)ON1C(=O)CC([S-](=O)=O)C1=O)CCSSc1ccccn1.O=C(CCCCCCC(=O)ON1C(=O)CCC1=O)CCSSc1ccccn1.O=C(CCSSc1ccccn1)ON1C(=O)CCC1=O.[Na+].[Na+].[OH-].[OH-].